The minimum atomic E-state index is -0.109. The summed E-state index contributed by atoms with van der Waals surface area (Å²) in [6, 6.07) is 7.85. The molecule has 0 aromatic heterocycles. The largest absolute Gasteiger partial charge is 0.354 e. The molecule has 0 spiro atoms. The molecule has 126 valence electrons. The van der Waals surface area contributed by atoms with Crippen molar-refractivity contribution in [3.63, 3.8) is 0 Å². The summed E-state index contributed by atoms with van der Waals surface area (Å²) in [5.41, 5.74) is 1.83. The average Bonchev–Trinajstić information content (AvgIpc) is 2.59. The fraction of sp³-hybridized carbons (Fsp3) is 0.556. The zero-order valence-electron chi connectivity index (χ0n) is 14.3. The summed E-state index contributed by atoms with van der Waals surface area (Å²) in [7, 11) is 1.87. The number of likely N-dealkylation sites (N-methyl/N-ethyl adjacent to an activating group) is 1. The smallest absolute Gasteiger partial charge is 0.253 e. The van der Waals surface area contributed by atoms with Gasteiger partial charge in [-0.3, -0.25) is 9.59 Å². The number of piperidine rings is 1. The van der Waals surface area contributed by atoms with E-state index in [4.69, 9.17) is 0 Å². The van der Waals surface area contributed by atoms with E-state index in [1.54, 1.807) is 4.90 Å². The fourth-order valence-corrected chi connectivity index (χ4v) is 2.75. The molecule has 2 amide bonds. The predicted molar refractivity (Wildman–Crippen MR) is 91.3 cm³/mol. The highest BCUT2D eigenvalue weighted by Gasteiger charge is 2.28. The Morgan fingerprint density at radius 1 is 1.30 bits per heavy atom. The fourth-order valence-electron chi connectivity index (χ4n) is 2.75. The van der Waals surface area contributed by atoms with Gasteiger partial charge in [0.1, 0.15) is 0 Å². The molecule has 1 aromatic rings. The third-order valence-corrected chi connectivity index (χ3v) is 4.45. The van der Waals surface area contributed by atoms with Crippen LogP contribution < -0.4 is 10.6 Å². The van der Waals surface area contributed by atoms with Crippen LogP contribution in [0.5, 0.6) is 0 Å². The van der Waals surface area contributed by atoms with Gasteiger partial charge in [-0.05, 0) is 45.9 Å². The molecular weight excluding hydrogens is 290 g/mol. The maximum atomic E-state index is 12.6. The molecule has 2 unspecified atom stereocenters. The molecule has 1 saturated heterocycles. The van der Waals surface area contributed by atoms with Crippen LogP contribution >= 0.6 is 0 Å². The maximum absolute atomic E-state index is 12.6. The number of nitrogens with zero attached hydrogens (tertiary/aromatic N) is 1. The number of amides is 2. The van der Waals surface area contributed by atoms with E-state index in [2.05, 4.69) is 10.6 Å². The number of rotatable bonds is 5. The number of carbonyl (C=O) groups is 2. The van der Waals surface area contributed by atoms with Gasteiger partial charge in [0.25, 0.3) is 5.91 Å². The normalized spacial score (nSPS) is 19.3. The lowest BCUT2D eigenvalue weighted by atomic mass is 9.96. The standard InChI is InChI=1S/C18H27N3O2/c1-13-6-8-15(9-7-13)18(23)21-10-4-5-16(12-21)17(22)20-11-14(2)19-3/h6-9,14,16,19H,4-5,10-12H2,1-3H3,(H,20,22). The summed E-state index contributed by atoms with van der Waals surface area (Å²) < 4.78 is 0. The molecule has 2 rings (SSSR count). The van der Waals surface area contributed by atoms with Crippen molar-refractivity contribution in [3.05, 3.63) is 35.4 Å². The van der Waals surface area contributed by atoms with Crippen LogP contribution in [0.15, 0.2) is 24.3 Å². The molecule has 5 nitrogen and oxygen atoms in total. The lowest BCUT2D eigenvalue weighted by molar-refractivity contribution is -0.126. The zero-order valence-corrected chi connectivity index (χ0v) is 14.3. The highest BCUT2D eigenvalue weighted by molar-refractivity contribution is 5.94. The molecule has 23 heavy (non-hydrogen) atoms. The number of hydrogen-bond donors (Lipinski definition) is 2. The second-order valence-corrected chi connectivity index (χ2v) is 6.39. The summed E-state index contributed by atoms with van der Waals surface area (Å²) in [5, 5.41) is 6.07. The van der Waals surface area contributed by atoms with Gasteiger partial charge < -0.3 is 15.5 Å². The molecule has 0 bridgehead atoms. The third kappa shape index (κ3) is 4.79. The van der Waals surface area contributed by atoms with Crippen LogP contribution in [0.3, 0.4) is 0 Å². The first-order valence-corrected chi connectivity index (χ1v) is 8.32. The van der Waals surface area contributed by atoms with Crippen LogP contribution in [-0.2, 0) is 4.79 Å². The monoisotopic (exact) mass is 317 g/mol. The van der Waals surface area contributed by atoms with Crippen LogP contribution in [0.1, 0.15) is 35.7 Å². The molecule has 5 heteroatoms. The minimum absolute atomic E-state index is 0.0195. The average molecular weight is 317 g/mol. The van der Waals surface area contributed by atoms with Crippen molar-refractivity contribution in [2.24, 2.45) is 5.92 Å². The van der Waals surface area contributed by atoms with E-state index in [1.165, 1.54) is 0 Å². The van der Waals surface area contributed by atoms with E-state index in [0.717, 1.165) is 24.9 Å². The predicted octanol–water partition coefficient (Wildman–Crippen LogP) is 1.57. The number of likely N-dealkylation sites (tertiary alicyclic amines) is 1. The number of hydrogen-bond acceptors (Lipinski definition) is 3. The minimum Gasteiger partial charge on any atom is -0.354 e. The van der Waals surface area contributed by atoms with Crippen molar-refractivity contribution in [2.75, 3.05) is 26.7 Å². The Morgan fingerprint density at radius 2 is 2.00 bits per heavy atom. The number of aryl methyl sites for hydroxylation is 1. The Kier molecular flexibility index (Phi) is 6.16. The van der Waals surface area contributed by atoms with Gasteiger partial charge in [-0.25, -0.2) is 0 Å². The Bertz CT molecular complexity index is 542. The van der Waals surface area contributed by atoms with E-state index >= 15 is 0 Å². The Morgan fingerprint density at radius 3 is 2.65 bits per heavy atom. The Labute approximate surface area is 138 Å². The summed E-state index contributed by atoms with van der Waals surface area (Å²) in [6.45, 7) is 5.86. The molecule has 0 aliphatic carbocycles. The van der Waals surface area contributed by atoms with Crippen LogP contribution in [0.4, 0.5) is 0 Å². The van der Waals surface area contributed by atoms with E-state index < -0.39 is 0 Å². The third-order valence-electron chi connectivity index (χ3n) is 4.45. The van der Waals surface area contributed by atoms with Gasteiger partial charge in [-0.1, -0.05) is 17.7 Å². The maximum Gasteiger partial charge on any atom is 0.253 e. The van der Waals surface area contributed by atoms with Crippen molar-refractivity contribution in [1.82, 2.24) is 15.5 Å². The molecule has 0 saturated carbocycles. The molecule has 1 fully saturated rings. The molecule has 2 atom stereocenters. The first-order valence-electron chi connectivity index (χ1n) is 8.32. The van der Waals surface area contributed by atoms with Gasteiger partial charge in [0.2, 0.25) is 5.91 Å². The van der Waals surface area contributed by atoms with Gasteiger partial charge in [-0.2, -0.15) is 0 Å². The van der Waals surface area contributed by atoms with E-state index in [-0.39, 0.29) is 23.8 Å². The summed E-state index contributed by atoms with van der Waals surface area (Å²) in [6.07, 6.45) is 1.72. The number of benzene rings is 1. The Balaban J connectivity index is 1.93. The quantitative estimate of drug-likeness (QED) is 0.866. The van der Waals surface area contributed by atoms with Crippen molar-refractivity contribution in [1.29, 1.82) is 0 Å². The second kappa shape index (κ2) is 8.11. The van der Waals surface area contributed by atoms with Crippen LogP contribution in [-0.4, -0.2) is 49.4 Å². The molecule has 2 N–H and O–H groups in total. The van der Waals surface area contributed by atoms with Gasteiger partial charge in [0.05, 0.1) is 5.92 Å². The second-order valence-electron chi connectivity index (χ2n) is 6.39. The lowest BCUT2D eigenvalue weighted by Crippen LogP contribution is -2.47. The van der Waals surface area contributed by atoms with Crippen LogP contribution in [0.2, 0.25) is 0 Å². The molecule has 0 radical (unpaired) electrons. The Hall–Kier alpha value is -1.88. The van der Waals surface area contributed by atoms with E-state index in [0.29, 0.717) is 18.7 Å². The SMILES string of the molecule is CNC(C)CNC(=O)C1CCCN(C(=O)c2ccc(C)cc2)C1. The highest BCUT2D eigenvalue weighted by Crippen LogP contribution is 2.19. The number of nitrogens with one attached hydrogen (secondary N) is 2. The molecule has 1 heterocycles. The van der Waals surface area contributed by atoms with E-state index in [9.17, 15) is 9.59 Å². The van der Waals surface area contributed by atoms with Crippen molar-refractivity contribution in [3.8, 4) is 0 Å². The van der Waals surface area contributed by atoms with Gasteiger partial charge >= 0.3 is 0 Å². The van der Waals surface area contributed by atoms with Crippen LogP contribution in [0, 0.1) is 12.8 Å². The van der Waals surface area contributed by atoms with Crippen molar-refractivity contribution in [2.45, 2.75) is 32.7 Å². The topological polar surface area (TPSA) is 61.4 Å². The highest BCUT2D eigenvalue weighted by atomic mass is 16.2. The van der Waals surface area contributed by atoms with Gasteiger partial charge in [-0.15, -0.1) is 0 Å². The van der Waals surface area contributed by atoms with Gasteiger partial charge in [0, 0.05) is 31.2 Å². The van der Waals surface area contributed by atoms with Crippen molar-refractivity contribution < 1.29 is 9.59 Å². The van der Waals surface area contributed by atoms with Crippen LogP contribution in [0.25, 0.3) is 0 Å². The summed E-state index contributed by atoms with van der Waals surface area (Å²) in [5.74, 6) is -0.0400. The molecular formula is C18H27N3O2. The summed E-state index contributed by atoms with van der Waals surface area (Å²) >= 11 is 0. The number of carbonyl (C=O) groups excluding carboxylic acids is 2. The van der Waals surface area contributed by atoms with Crippen molar-refractivity contribution >= 4 is 11.8 Å². The lowest BCUT2D eigenvalue weighted by Gasteiger charge is -2.32. The zero-order chi connectivity index (χ0) is 16.8. The first-order chi connectivity index (χ1) is 11.0. The van der Waals surface area contributed by atoms with Gasteiger partial charge in [0.15, 0.2) is 0 Å². The van der Waals surface area contributed by atoms with E-state index in [1.807, 2.05) is 45.2 Å². The molecule has 1 aromatic carbocycles. The molecule has 1 aliphatic heterocycles. The first kappa shape index (κ1) is 17.5. The summed E-state index contributed by atoms with van der Waals surface area (Å²) in [4.78, 5) is 26.7. The molecule has 1 aliphatic rings.